The highest BCUT2D eigenvalue weighted by Gasteiger charge is 2.42. The number of carbonyl (C=O) groups is 1. The lowest BCUT2D eigenvalue weighted by Gasteiger charge is -2.33. The molecule has 2 aromatic rings. The Balaban J connectivity index is 1.70. The Kier molecular flexibility index (Phi) is 5.83. The molecule has 2 heterocycles. The summed E-state index contributed by atoms with van der Waals surface area (Å²) < 4.78 is 14.1. The molecule has 0 aliphatic carbocycles. The number of benzene rings is 2. The van der Waals surface area contributed by atoms with Crippen molar-refractivity contribution in [2.24, 2.45) is 10.9 Å². The predicted octanol–water partition coefficient (Wildman–Crippen LogP) is 4.47. The molecule has 1 fully saturated rings. The maximum absolute atomic E-state index is 14.1. The van der Waals surface area contributed by atoms with E-state index < -0.39 is 12.0 Å². The zero-order valence-electron chi connectivity index (χ0n) is 14.3. The first-order valence-corrected chi connectivity index (χ1v) is 10.5. The molecule has 0 spiro atoms. The van der Waals surface area contributed by atoms with E-state index in [0.29, 0.717) is 38.0 Å². The normalized spacial score (nSPS) is 21.6. The number of thioether (sulfide) groups is 1. The van der Waals surface area contributed by atoms with Gasteiger partial charge in [-0.2, -0.15) is 0 Å². The van der Waals surface area contributed by atoms with Crippen molar-refractivity contribution in [3.8, 4) is 0 Å². The summed E-state index contributed by atoms with van der Waals surface area (Å²) in [6.45, 7) is 0.450. The van der Waals surface area contributed by atoms with E-state index in [0.717, 1.165) is 0 Å². The van der Waals surface area contributed by atoms with Crippen molar-refractivity contribution in [3.05, 3.63) is 62.8 Å². The summed E-state index contributed by atoms with van der Waals surface area (Å²) in [4.78, 5) is 19.3. The molecular weight excluding hydrogens is 446 g/mol. The summed E-state index contributed by atoms with van der Waals surface area (Å²) in [5.41, 5.74) is 6.77. The van der Waals surface area contributed by atoms with Crippen LogP contribution in [-0.4, -0.2) is 23.8 Å². The van der Waals surface area contributed by atoms with Gasteiger partial charge in [-0.25, -0.2) is 14.8 Å². The second kappa shape index (κ2) is 8.18. The first-order valence-electron chi connectivity index (χ1n) is 8.36. The van der Waals surface area contributed by atoms with Gasteiger partial charge in [-0.3, -0.25) is 15.1 Å². The zero-order valence-corrected chi connectivity index (χ0v) is 17.3. The molecule has 4 rings (SSSR count). The Morgan fingerprint density at radius 2 is 2.04 bits per heavy atom. The fourth-order valence-corrected chi connectivity index (χ4v) is 4.93. The summed E-state index contributed by atoms with van der Waals surface area (Å²) in [5, 5.41) is 1.52. The van der Waals surface area contributed by atoms with Crippen molar-refractivity contribution in [2.75, 3.05) is 11.4 Å². The third kappa shape index (κ3) is 3.75. The number of amides is 1. The van der Waals surface area contributed by atoms with E-state index in [9.17, 15) is 9.18 Å². The summed E-state index contributed by atoms with van der Waals surface area (Å²) >= 11 is 19.7. The van der Waals surface area contributed by atoms with Gasteiger partial charge in [0.1, 0.15) is 12.0 Å². The monoisotopic (exact) mass is 458 g/mol. The molecule has 2 aliphatic heterocycles. The van der Waals surface area contributed by atoms with Crippen LogP contribution in [0.4, 0.5) is 10.1 Å². The minimum atomic E-state index is -0.405. The molecule has 0 bridgehead atoms. The van der Waals surface area contributed by atoms with Crippen LogP contribution in [0.15, 0.2) is 41.4 Å². The maximum atomic E-state index is 14.1. The van der Waals surface area contributed by atoms with Crippen LogP contribution < -0.4 is 15.8 Å². The van der Waals surface area contributed by atoms with Gasteiger partial charge in [0, 0.05) is 27.9 Å². The molecule has 5 nitrogen and oxygen atoms in total. The third-order valence-corrected chi connectivity index (χ3v) is 6.36. The van der Waals surface area contributed by atoms with Crippen molar-refractivity contribution < 1.29 is 9.18 Å². The lowest BCUT2D eigenvalue weighted by Crippen LogP contribution is -2.49. The van der Waals surface area contributed by atoms with Crippen LogP contribution in [-0.2, 0) is 10.5 Å². The first kappa shape index (κ1) is 19.9. The molecule has 2 unspecified atom stereocenters. The topological polar surface area (TPSA) is 56.7 Å². The van der Waals surface area contributed by atoms with E-state index in [4.69, 9.17) is 34.8 Å². The van der Waals surface area contributed by atoms with E-state index in [1.807, 2.05) is 0 Å². The number of hydrazine groups is 1. The molecule has 2 aromatic carbocycles. The summed E-state index contributed by atoms with van der Waals surface area (Å²) in [6.07, 6.45) is -0.395. The summed E-state index contributed by atoms with van der Waals surface area (Å²) in [5.74, 6) is -0.709. The fraction of sp³-hybridized carbons (Fsp3) is 0.222. The van der Waals surface area contributed by atoms with Gasteiger partial charge in [0.2, 0.25) is 5.91 Å². The van der Waals surface area contributed by atoms with Gasteiger partial charge in [0.15, 0.2) is 5.17 Å². The molecule has 28 heavy (non-hydrogen) atoms. The van der Waals surface area contributed by atoms with Crippen LogP contribution in [0.1, 0.15) is 5.56 Å². The number of carbonyl (C=O) groups excluding carboxylic acids is 1. The molecule has 1 saturated heterocycles. The molecule has 0 radical (unpaired) electrons. The van der Waals surface area contributed by atoms with Crippen molar-refractivity contribution in [3.63, 3.8) is 0 Å². The third-order valence-electron chi connectivity index (χ3n) is 4.49. The number of amidine groups is 1. The number of nitrogens with zero attached hydrogens (tertiary/aromatic N) is 2. The highest BCUT2D eigenvalue weighted by atomic mass is 35.5. The maximum Gasteiger partial charge on any atom is 0.241 e. The van der Waals surface area contributed by atoms with E-state index >= 15 is 0 Å². The Labute approximate surface area is 180 Å². The molecule has 10 heteroatoms. The van der Waals surface area contributed by atoms with Crippen LogP contribution in [0.5, 0.6) is 0 Å². The Bertz CT molecular complexity index is 954. The Morgan fingerprint density at radius 1 is 1.21 bits per heavy atom. The van der Waals surface area contributed by atoms with Crippen molar-refractivity contribution in [1.82, 2.24) is 10.9 Å². The number of halogens is 4. The lowest BCUT2D eigenvalue weighted by atomic mass is 10.0. The number of anilines is 1. The van der Waals surface area contributed by atoms with Gasteiger partial charge in [0.25, 0.3) is 0 Å². The average molecular weight is 460 g/mol. The number of fused-ring (bicyclic) bond motifs is 1. The smallest absolute Gasteiger partial charge is 0.241 e. The highest BCUT2D eigenvalue weighted by Crippen LogP contribution is 2.36. The SMILES string of the molecule is O=C1C2CNNC2N=C(SCc2c(F)cccc2Cl)N1c1ccc(Cl)cc1Cl. The van der Waals surface area contributed by atoms with Crippen LogP contribution >= 0.6 is 46.6 Å². The van der Waals surface area contributed by atoms with Gasteiger partial charge in [0.05, 0.1) is 16.6 Å². The highest BCUT2D eigenvalue weighted by molar-refractivity contribution is 8.13. The van der Waals surface area contributed by atoms with Gasteiger partial charge < -0.3 is 0 Å². The molecular formula is C18H14Cl3FN4OS. The van der Waals surface area contributed by atoms with E-state index in [2.05, 4.69) is 15.8 Å². The molecule has 146 valence electrons. The fourth-order valence-electron chi connectivity index (χ4n) is 3.06. The molecule has 2 atom stereocenters. The largest absolute Gasteiger partial charge is 0.274 e. The molecule has 0 saturated carbocycles. The Morgan fingerprint density at radius 3 is 2.79 bits per heavy atom. The summed E-state index contributed by atoms with van der Waals surface area (Å²) in [7, 11) is 0. The number of hydrogen-bond acceptors (Lipinski definition) is 5. The van der Waals surface area contributed by atoms with E-state index in [1.165, 1.54) is 22.7 Å². The zero-order chi connectivity index (χ0) is 19.8. The number of aliphatic imine (C=N–C) groups is 1. The van der Waals surface area contributed by atoms with Crippen molar-refractivity contribution >= 4 is 63.3 Å². The van der Waals surface area contributed by atoms with Crippen molar-refractivity contribution in [1.29, 1.82) is 0 Å². The van der Waals surface area contributed by atoms with Crippen LogP contribution in [0, 0.1) is 11.7 Å². The van der Waals surface area contributed by atoms with Crippen LogP contribution in [0.25, 0.3) is 0 Å². The molecule has 1 amide bonds. The number of hydrogen-bond donors (Lipinski definition) is 2. The second-order valence-corrected chi connectivity index (χ2v) is 8.44. The van der Waals surface area contributed by atoms with Crippen LogP contribution in [0.2, 0.25) is 15.1 Å². The number of nitrogens with one attached hydrogen (secondary N) is 2. The Hall–Kier alpha value is -1.35. The molecule has 2 N–H and O–H groups in total. The lowest BCUT2D eigenvalue weighted by molar-refractivity contribution is -0.121. The van der Waals surface area contributed by atoms with Gasteiger partial charge in [-0.1, -0.05) is 52.6 Å². The molecule has 2 aliphatic rings. The van der Waals surface area contributed by atoms with Crippen molar-refractivity contribution in [2.45, 2.75) is 11.9 Å². The van der Waals surface area contributed by atoms with Gasteiger partial charge in [-0.15, -0.1) is 0 Å². The van der Waals surface area contributed by atoms with E-state index in [1.54, 1.807) is 30.3 Å². The quantitative estimate of drug-likeness (QED) is 0.711. The minimum absolute atomic E-state index is 0.149. The molecule has 0 aromatic heterocycles. The van der Waals surface area contributed by atoms with Gasteiger partial charge in [-0.05, 0) is 30.3 Å². The minimum Gasteiger partial charge on any atom is -0.274 e. The predicted molar refractivity (Wildman–Crippen MR) is 113 cm³/mol. The second-order valence-electron chi connectivity index (χ2n) is 6.25. The summed E-state index contributed by atoms with van der Waals surface area (Å²) in [6, 6.07) is 9.42. The first-order chi connectivity index (χ1) is 13.5. The average Bonchev–Trinajstić information content (AvgIpc) is 3.11. The van der Waals surface area contributed by atoms with Gasteiger partial charge >= 0.3 is 0 Å². The van der Waals surface area contributed by atoms with E-state index in [-0.39, 0.29) is 17.6 Å². The number of rotatable bonds is 3. The standard InChI is InChI=1S/C18H14Cl3FN4OS/c19-9-4-5-15(13(21)6-9)26-17(27)10-7-23-25-16(10)24-18(26)28-8-11-12(20)2-1-3-14(11)22/h1-6,10,16,23,25H,7-8H2. The van der Waals surface area contributed by atoms with Crippen LogP contribution in [0.3, 0.4) is 0 Å².